The Morgan fingerprint density at radius 1 is 0.829 bits per heavy atom. The van der Waals surface area contributed by atoms with Crippen molar-refractivity contribution in [2.45, 2.75) is 32.2 Å². The summed E-state index contributed by atoms with van der Waals surface area (Å²) in [5.41, 5.74) is -0.130. The molecule has 0 spiro atoms. The van der Waals surface area contributed by atoms with E-state index in [0.717, 1.165) is 12.1 Å². The third-order valence-electron chi connectivity index (χ3n) is 5.45. The van der Waals surface area contributed by atoms with Gasteiger partial charge in [-0.3, -0.25) is 14.4 Å². The number of carbonyl (C=O) groups excluding carboxylic acids is 3. The normalized spacial score (nSPS) is 11.9. The number of ether oxygens (including phenoxy) is 3. The van der Waals surface area contributed by atoms with E-state index in [9.17, 15) is 36.3 Å². The van der Waals surface area contributed by atoms with Crippen molar-refractivity contribution in [3.8, 4) is 17.2 Å². The molecule has 3 aromatic rings. The van der Waals surface area contributed by atoms with Crippen LogP contribution in [0.3, 0.4) is 0 Å². The van der Waals surface area contributed by atoms with Crippen LogP contribution in [0.1, 0.15) is 28.4 Å². The molecule has 2 amide bonds. The van der Waals surface area contributed by atoms with Crippen molar-refractivity contribution < 1.29 is 50.5 Å². The fourth-order valence-electron chi connectivity index (χ4n) is 3.51. The second-order valence-electron chi connectivity index (χ2n) is 8.53. The van der Waals surface area contributed by atoms with E-state index in [-0.39, 0.29) is 42.4 Å². The van der Waals surface area contributed by atoms with E-state index in [1.165, 1.54) is 67.6 Å². The van der Waals surface area contributed by atoms with Gasteiger partial charge in [-0.25, -0.2) is 0 Å². The van der Waals surface area contributed by atoms with Gasteiger partial charge in [0.25, 0.3) is 5.91 Å². The quantitative estimate of drug-likeness (QED) is 0.175. The number of hydrogen-bond acceptors (Lipinski definition) is 6. The molecular weight excluding hydrogens is 555 g/mol. The Hall–Kier alpha value is -4.68. The minimum Gasteiger partial charge on any atom is -0.464 e. The first kappa shape index (κ1) is 30.9. The number of alkyl halides is 5. The first-order valence-electron chi connectivity index (χ1n) is 12.1. The smallest absolute Gasteiger partial charge is 0.416 e. The third kappa shape index (κ3) is 10.1. The standard InChI is InChI=1S/C28H25F5N2O6/c1-17(36)39-15-14-34-26(38)24(16-18-2-8-23(9-3-18)41-27(29)30)35-25(37)19-4-10-21(11-5-19)40-22-12-6-20(7-13-22)28(31,32)33/h2-13,24,27H,14-16H2,1H3,(H,34,38)(H,35,37)/t24-/m0/s1. The predicted octanol–water partition coefficient (Wildman–Crippen LogP) is 5.12. The van der Waals surface area contributed by atoms with Gasteiger partial charge in [-0.05, 0) is 66.2 Å². The summed E-state index contributed by atoms with van der Waals surface area (Å²) in [5.74, 6) is -1.39. The van der Waals surface area contributed by atoms with E-state index in [1.807, 2.05) is 0 Å². The zero-order chi connectivity index (χ0) is 30.0. The van der Waals surface area contributed by atoms with Crippen LogP contribution in [0.4, 0.5) is 22.0 Å². The fraction of sp³-hybridized carbons (Fsp3) is 0.250. The summed E-state index contributed by atoms with van der Waals surface area (Å²) >= 11 is 0. The molecule has 0 aliphatic carbocycles. The third-order valence-corrected chi connectivity index (χ3v) is 5.45. The van der Waals surface area contributed by atoms with Crippen LogP contribution < -0.4 is 20.1 Å². The molecule has 1 atom stereocenters. The van der Waals surface area contributed by atoms with Crippen LogP contribution in [0.25, 0.3) is 0 Å². The lowest BCUT2D eigenvalue weighted by molar-refractivity contribution is -0.141. The molecule has 0 aliphatic rings. The Kier molecular flexibility index (Phi) is 10.6. The van der Waals surface area contributed by atoms with Crippen LogP contribution in [0.5, 0.6) is 17.2 Å². The van der Waals surface area contributed by atoms with E-state index in [0.29, 0.717) is 5.56 Å². The molecule has 41 heavy (non-hydrogen) atoms. The maximum absolute atomic E-state index is 12.9. The molecule has 0 aromatic heterocycles. The van der Waals surface area contributed by atoms with E-state index in [1.54, 1.807) is 0 Å². The summed E-state index contributed by atoms with van der Waals surface area (Å²) in [6.45, 7) is -1.88. The highest BCUT2D eigenvalue weighted by Crippen LogP contribution is 2.31. The highest BCUT2D eigenvalue weighted by Gasteiger charge is 2.30. The first-order valence-corrected chi connectivity index (χ1v) is 12.1. The summed E-state index contributed by atoms with van der Waals surface area (Å²) < 4.78 is 77.7. The topological polar surface area (TPSA) is 103 Å². The molecule has 218 valence electrons. The van der Waals surface area contributed by atoms with E-state index >= 15 is 0 Å². The lowest BCUT2D eigenvalue weighted by Crippen LogP contribution is -2.48. The Balaban J connectivity index is 1.67. The van der Waals surface area contributed by atoms with Gasteiger partial charge in [0.1, 0.15) is 29.9 Å². The molecule has 0 radical (unpaired) electrons. The highest BCUT2D eigenvalue weighted by atomic mass is 19.4. The van der Waals surface area contributed by atoms with Crippen LogP contribution in [0.15, 0.2) is 72.8 Å². The van der Waals surface area contributed by atoms with Gasteiger partial charge in [-0.1, -0.05) is 12.1 Å². The molecule has 0 aliphatic heterocycles. The maximum Gasteiger partial charge on any atom is 0.416 e. The van der Waals surface area contributed by atoms with Gasteiger partial charge in [-0.2, -0.15) is 22.0 Å². The van der Waals surface area contributed by atoms with Gasteiger partial charge in [0, 0.05) is 18.9 Å². The molecule has 0 unspecified atom stereocenters. The Labute approximate surface area is 231 Å². The van der Waals surface area contributed by atoms with Crippen molar-refractivity contribution >= 4 is 17.8 Å². The number of hydrogen-bond donors (Lipinski definition) is 2. The average molecular weight is 581 g/mol. The fourth-order valence-corrected chi connectivity index (χ4v) is 3.51. The summed E-state index contributed by atoms with van der Waals surface area (Å²) in [4.78, 5) is 36.7. The molecule has 3 aromatic carbocycles. The summed E-state index contributed by atoms with van der Waals surface area (Å²) in [6, 6.07) is 14.2. The zero-order valence-corrected chi connectivity index (χ0v) is 21.5. The Morgan fingerprint density at radius 2 is 1.39 bits per heavy atom. The van der Waals surface area contributed by atoms with Crippen molar-refractivity contribution in [3.63, 3.8) is 0 Å². The molecule has 2 N–H and O–H groups in total. The summed E-state index contributed by atoms with van der Waals surface area (Å²) in [6.07, 6.45) is -4.48. The zero-order valence-electron chi connectivity index (χ0n) is 21.5. The van der Waals surface area contributed by atoms with Crippen LogP contribution in [-0.2, 0) is 26.9 Å². The number of benzene rings is 3. The molecule has 0 saturated carbocycles. The van der Waals surface area contributed by atoms with Crippen molar-refractivity contribution in [2.75, 3.05) is 13.2 Å². The number of halogens is 5. The average Bonchev–Trinajstić information content (AvgIpc) is 2.91. The molecule has 0 fully saturated rings. The van der Waals surface area contributed by atoms with Gasteiger partial charge < -0.3 is 24.8 Å². The van der Waals surface area contributed by atoms with Crippen molar-refractivity contribution in [2.24, 2.45) is 0 Å². The Morgan fingerprint density at radius 3 is 1.93 bits per heavy atom. The number of amides is 2. The SMILES string of the molecule is CC(=O)OCCNC(=O)[C@H](Cc1ccc(OC(F)F)cc1)NC(=O)c1ccc(Oc2ccc(C(F)(F)F)cc2)cc1. The second-order valence-corrected chi connectivity index (χ2v) is 8.53. The van der Waals surface area contributed by atoms with Crippen LogP contribution in [-0.4, -0.2) is 43.6 Å². The lowest BCUT2D eigenvalue weighted by Gasteiger charge is -2.19. The number of nitrogens with one attached hydrogen (secondary N) is 2. The molecule has 0 heterocycles. The van der Waals surface area contributed by atoms with Gasteiger partial charge in [0.15, 0.2) is 0 Å². The van der Waals surface area contributed by atoms with Gasteiger partial charge in [0.2, 0.25) is 5.91 Å². The molecule has 3 rings (SSSR count). The second kappa shape index (κ2) is 14.1. The molecule has 0 saturated heterocycles. The van der Waals surface area contributed by atoms with Gasteiger partial charge in [-0.15, -0.1) is 0 Å². The minimum atomic E-state index is -4.48. The molecule has 13 heteroatoms. The number of esters is 1. The first-order chi connectivity index (χ1) is 19.4. The largest absolute Gasteiger partial charge is 0.464 e. The number of rotatable bonds is 12. The van der Waals surface area contributed by atoms with Gasteiger partial charge in [0.05, 0.1) is 12.1 Å². The molecular formula is C28H25F5N2O6. The number of carbonyl (C=O) groups is 3. The maximum atomic E-state index is 12.9. The molecule has 8 nitrogen and oxygen atoms in total. The van der Waals surface area contributed by atoms with Crippen LogP contribution in [0.2, 0.25) is 0 Å². The van der Waals surface area contributed by atoms with Crippen LogP contribution in [0, 0.1) is 0 Å². The van der Waals surface area contributed by atoms with E-state index < -0.39 is 42.2 Å². The summed E-state index contributed by atoms with van der Waals surface area (Å²) in [5, 5.41) is 5.17. The van der Waals surface area contributed by atoms with Gasteiger partial charge >= 0.3 is 18.8 Å². The van der Waals surface area contributed by atoms with Crippen molar-refractivity contribution in [1.82, 2.24) is 10.6 Å². The lowest BCUT2D eigenvalue weighted by atomic mass is 10.0. The monoisotopic (exact) mass is 580 g/mol. The molecule has 0 bridgehead atoms. The van der Waals surface area contributed by atoms with Crippen LogP contribution >= 0.6 is 0 Å². The van der Waals surface area contributed by atoms with Crippen molar-refractivity contribution in [1.29, 1.82) is 0 Å². The van der Waals surface area contributed by atoms with E-state index in [2.05, 4.69) is 15.4 Å². The highest BCUT2D eigenvalue weighted by molar-refractivity contribution is 5.97. The minimum absolute atomic E-state index is 0.00475. The summed E-state index contributed by atoms with van der Waals surface area (Å²) in [7, 11) is 0. The van der Waals surface area contributed by atoms with Crippen molar-refractivity contribution in [3.05, 3.63) is 89.5 Å². The van der Waals surface area contributed by atoms with E-state index in [4.69, 9.17) is 9.47 Å². The predicted molar refractivity (Wildman–Crippen MR) is 136 cm³/mol. The Bertz CT molecular complexity index is 1310.